The van der Waals surface area contributed by atoms with Gasteiger partial charge in [0.1, 0.15) is 5.69 Å². The van der Waals surface area contributed by atoms with Crippen molar-refractivity contribution in [2.45, 2.75) is 52.0 Å². The summed E-state index contributed by atoms with van der Waals surface area (Å²) >= 11 is 0. The van der Waals surface area contributed by atoms with Gasteiger partial charge in [-0.15, -0.1) is 0 Å². The summed E-state index contributed by atoms with van der Waals surface area (Å²) in [5.41, 5.74) is 6.31. The molecule has 1 saturated heterocycles. The lowest BCUT2D eigenvalue weighted by molar-refractivity contribution is 0.0896. The molecular formula is C22H26F2N4O3S. The molecule has 0 spiro atoms. The number of Topliss-reactive ketones (excluding diaryl/α,β-unsaturated/α-hetero) is 1. The van der Waals surface area contributed by atoms with Gasteiger partial charge in [0.15, 0.2) is 5.78 Å². The van der Waals surface area contributed by atoms with Crippen molar-refractivity contribution in [3.63, 3.8) is 0 Å². The lowest BCUT2D eigenvalue weighted by atomic mass is 9.75. The second-order valence-electron chi connectivity index (χ2n) is 9.22. The third-order valence-electron chi connectivity index (χ3n) is 6.04. The van der Waals surface area contributed by atoms with Gasteiger partial charge in [-0.05, 0) is 42.9 Å². The maximum atomic E-state index is 13.7. The largest absolute Gasteiger partial charge is 0.382 e. The molecule has 0 saturated carbocycles. The Morgan fingerprint density at radius 3 is 2.59 bits per heavy atom. The third-order valence-corrected chi connectivity index (χ3v) is 7.42. The number of ketones is 1. The predicted molar refractivity (Wildman–Crippen MR) is 118 cm³/mol. The molecule has 2 aliphatic rings. The van der Waals surface area contributed by atoms with Gasteiger partial charge < -0.3 is 11.1 Å². The van der Waals surface area contributed by atoms with Crippen LogP contribution in [0.1, 0.15) is 71.6 Å². The number of fused-ring (bicyclic) bond motifs is 1. The normalized spacial score (nSPS) is 22.6. The van der Waals surface area contributed by atoms with Crippen LogP contribution in [0, 0.1) is 5.41 Å². The summed E-state index contributed by atoms with van der Waals surface area (Å²) in [6, 6.07) is 4.80. The Morgan fingerprint density at radius 2 is 1.97 bits per heavy atom. The van der Waals surface area contributed by atoms with Crippen molar-refractivity contribution in [1.82, 2.24) is 9.78 Å². The van der Waals surface area contributed by atoms with Crippen molar-refractivity contribution < 1.29 is 22.6 Å². The van der Waals surface area contributed by atoms with Crippen molar-refractivity contribution in [1.29, 1.82) is 0 Å². The molecule has 32 heavy (non-hydrogen) atoms. The molecule has 2 aromatic rings. The first-order valence-corrected chi connectivity index (χ1v) is 12.0. The van der Waals surface area contributed by atoms with Gasteiger partial charge in [-0.3, -0.25) is 13.8 Å². The molecule has 1 aliphatic heterocycles. The first-order chi connectivity index (χ1) is 15.1. The molecule has 172 valence electrons. The van der Waals surface area contributed by atoms with E-state index < -0.39 is 28.8 Å². The SMILES string of the molecule is CC1(C)CC(=O)c2c(C(F)F)nn(-c3ccc(C(N)=O)c(NC4CCS(=O)CC4)c3)c2C1. The smallest absolute Gasteiger partial charge is 0.282 e. The lowest BCUT2D eigenvalue weighted by Crippen LogP contribution is -2.30. The molecule has 1 aromatic carbocycles. The number of alkyl halides is 2. The van der Waals surface area contributed by atoms with E-state index >= 15 is 0 Å². The Morgan fingerprint density at radius 1 is 1.28 bits per heavy atom. The Balaban J connectivity index is 1.79. The zero-order chi connectivity index (χ0) is 23.2. The van der Waals surface area contributed by atoms with Crippen LogP contribution in [0.25, 0.3) is 5.69 Å². The van der Waals surface area contributed by atoms with Crippen LogP contribution < -0.4 is 11.1 Å². The van der Waals surface area contributed by atoms with Gasteiger partial charge in [-0.25, -0.2) is 13.5 Å². The summed E-state index contributed by atoms with van der Waals surface area (Å²) in [5, 5.41) is 7.42. The molecule has 4 rings (SSSR count). The fourth-order valence-corrected chi connectivity index (χ4v) is 5.80. The average molecular weight is 465 g/mol. The van der Waals surface area contributed by atoms with Gasteiger partial charge in [0.05, 0.1) is 22.5 Å². The van der Waals surface area contributed by atoms with Crippen LogP contribution in [0.2, 0.25) is 0 Å². The molecule has 0 unspecified atom stereocenters. The monoisotopic (exact) mass is 464 g/mol. The number of amides is 1. The van der Waals surface area contributed by atoms with Crippen LogP contribution in [0.4, 0.5) is 14.5 Å². The van der Waals surface area contributed by atoms with Crippen LogP contribution in [-0.4, -0.2) is 43.2 Å². The molecule has 0 atom stereocenters. The van der Waals surface area contributed by atoms with Crippen molar-refractivity contribution in [2.24, 2.45) is 11.1 Å². The number of benzene rings is 1. The van der Waals surface area contributed by atoms with E-state index in [9.17, 15) is 22.6 Å². The number of carbonyl (C=O) groups is 2. The van der Waals surface area contributed by atoms with Crippen LogP contribution >= 0.6 is 0 Å². The second-order valence-corrected chi connectivity index (χ2v) is 10.9. The van der Waals surface area contributed by atoms with Gasteiger partial charge in [0.2, 0.25) is 0 Å². The fourth-order valence-electron chi connectivity index (χ4n) is 4.50. The van der Waals surface area contributed by atoms with E-state index in [1.165, 1.54) is 10.7 Å². The minimum Gasteiger partial charge on any atom is -0.382 e. The highest BCUT2D eigenvalue weighted by Gasteiger charge is 2.38. The molecule has 1 amide bonds. The Hall–Kier alpha value is -2.62. The zero-order valence-electron chi connectivity index (χ0n) is 18.0. The number of carbonyl (C=O) groups excluding carboxylic acids is 2. The maximum Gasteiger partial charge on any atom is 0.282 e. The second kappa shape index (κ2) is 8.38. The molecule has 0 radical (unpaired) electrons. The molecule has 1 aliphatic carbocycles. The number of hydrogen-bond acceptors (Lipinski definition) is 5. The first kappa shape index (κ1) is 22.6. The molecule has 7 nitrogen and oxygen atoms in total. The summed E-state index contributed by atoms with van der Waals surface area (Å²) in [4.78, 5) is 24.7. The maximum absolute atomic E-state index is 13.7. The molecule has 10 heteroatoms. The molecular weight excluding hydrogens is 438 g/mol. The highest BCUT2D eigenvalue weighted by Crippen LogP contribution is 2.39. The van der Waals surface area contributed by atoms with E-state index in [0.29, 0.717) is 47.8 Å². The number of anilines is 1. The van der Waals surface area contributed by atoms with Crippen LogP contribution in [-0.2, 0) is 17.2 Å². The van der Waals surface area contributed by atoms with E-state index in [1.807, 2.05) is 13.8 Å². The predicted octanol–water partition coefficient (Wildman–Crippen LogP) is 3.39. The van der Waals surface area contributed by atoms with E-state index in [2.05, 4.69) is 10.4 Å². The van der Waals surface area contributed by atoms with Crippen LogP contribution in [0.5, 0.6) is 0 Å². The lowest BCUT2D eigenvalue weighted by Gasteiger charge is -2.29. The van der Waals surface area contributed by atoms with Gasteiger partial charge in [-0.1, -0.05) is 13.8 Å². The van der Waals surface area contributed by atoms with Gasteiger partial charge in [-0.2, -0.15) is 5.10 Å². The zero-order valence-corrected chi connectivity index (χ0v) is 18.8. The molecule has 1 fully saturated rings. The standard InChI is InChI=1S/C22H26F2N4O3S/c1-22(2)10-16-18(17(29)11-22)19(20(23)24)27-28(16)13-3-4-14(21(25)30)15(9-13)26-12-5-7-32(31)8-6-12/h3-4,9,12,20,26H,5-8,10-11H2,1-2H3,(H2,25,30). The Labute approximate surface area is 187 Å². The Bertz CT molecular complexity index is 1100. The van der Waals surface area contributed by atoms with Crippen molar-refractivity contribution in [3.05, 3.63) is 40.7 Å². The highest BCUT2D eigenvalue weighted by molar-refractivity contribution is 7.85. The minimum absolute atomic E-state index is 0.00238. The molecule has 0 bridgehead atoms. The van der Waals surface area contributed by atoms with Crippen molar-refractivity contribution >= 4 is 28.2 Å². The fraction of sp³-hybridized carbons (Fsp3) is 0.500. The summed E-state index contributed by atoms with van der Waals surface area (Å²) in [7, 11) is -0.830. The van der Waals surface area contributed by atoms with Crippen LogP contribution in [0.3, 0.4) is 0 Å². The van der Waals surface area contributed by atoms with Crippen molar-refractivity contribution in [2.75, 3.05) is 16.8 Å². The topological polar surface area (TPSA) is 107 Å². The van der Waals surface area contributed by atoms with Crippen LogP contribution in [0.15, 0.2) is 18.2 Å². The van der Waals surface area contributed by atoms with E-state index in [4.69, 9.17) is 5.73 Å². The number of nitrogens with one attached hydrogen (secondary N) is 1. The number of rotatable bonds is 5. The quantitative estimate of drug-likeness (QED) is 0.705. The number of nitrogens with zero attached hydrogens (tertiary/aromatic N) is 2. The summed E-state index contributed by atoms with van der Waals surface area (Å²) in [6.07, 6.45) is -0.903. The summed E-state index contributed by atoms with van der Waals surface area (Å²) in [6.45, 7) is 3.84. The molecule has 1 aromatic heterocycles. The number of primary amides is 1. The van der Waals surface area contributed by atoms with Gasteiger partial charge in [0, 0.05) is 40.5 Å². The average Bonchev–Trinajstić information content (AvgIpc) is 3.08. The number of nitrogens with two attached hydrogens (primary N) is 1. The van der Waals surface area contributed by atoms with Crippen molar-refractivity contribution in [3.8, 4) is 5.69 Å². The number of hydrogen-bond donors (Lipinski definition) is 2. The third kappa shape index (κ3) is 4.32. The van der Waals surface area contributed by atoms with E-state index in [-0.39, 0.29) is 34.8 Å². The Kier molecular flexibility index (Phi) is 5.91. The highest BCUT2D eigenvalue weighted by atomic mass is 32.2. The summed E-state index contributed by atoms with van der Waals surface area (Å²) < 4.78 is 40.5. The van der Waals surface area contributed by atoms with E-state index in [0.717, 1.165) is 0 Å². The van der Waals surface area contributed by atoms with Gasteiger partial charge >= 0.3 is 0 Å². The number of halogens is 2. The van der Waals surface area contributed by atoms with Gasteiger partial charge in [0.25, 0.3) is 12.3 Å². The van der Waals surface area contributed by atoms with E-state index in [1.54, 1.807) is 12.1 Å². The first-order valence-electron chi connectivity index (χ1n) is 10.5. The molecule has 2 heterocycles. The molecule has 3 N–H and O–H groups in total. The summed E-state index contributed by atoms with van der Waals surface area (Å²) in [5.74, 6) is 0.195. The number of aromatic nitrogens is 2. The minimum atomic E-state index is -2.87.